The molecule has 0 N–H and O–H groups in total. The van der Waals surface area contributed by atoms with Crippen molar-refractivity contribution in [2.75, 3.05) is 13.2 Å². The first-order valence-electron chi connectivity index (χ1n) is 11.1. The Bertz CT molecular complexity index is 479. The van der Waals surface area contributed by atoms with Crippen molar-refractivity contribution in [1.29, 1.82) is 0 Å². The lowest BCUT2D eigenvalue weighted by Crippen LogP contribution is -2.41. The predicted molar refractivity (Wildman–Crippen MR) is 108 cm³/mol. The molecule has 1 saturated heterocycles. The topological polar surface area (TPSA) is 36.9 Å². The predicted octanol–water partition coefficient (Wildman–Crippen LogP) is 5.19. The van der Waals surface area contributed by atoms with Gasteiger partial charge in [-0.05, 0) is 64.7 Å². The Morgan fingerprint density at radius 2 is 1.37 bits per heavy atom. The van der Waals surface area contributed by atoms with Gasteiger partial charge < -0.3 is 18.9 Å². The van der Waals surface area contributed by atoms with Crippen molar-refractivity contribution in [2.24, 2.45) is 23.7 Å². The fourth-order valence-corrected chi connectivity index (χ4v) is 4.10. The molecule has 3 fully saturated rings. The minimum Gasteiger partial charge on any atom is -0.373 e. The number of rotatable bonds is 8. The molecule has 0 radical (unpaired) electrons. The minimum absolute atomic E-state index is 0.0506. The van der Waals surface area contributed by atoms with E-state index in [1.165, 1.54) is 19.3 Å². The molecule has 2 saturated carbocycles. The molecule has 0 unspecified atom stereocenters. The van der Waals surface area contributed by atoms with Gasteiger partial charge in [0, 0.05) is 12.3 Å². The molecule has 27 heavy (non-hydrogen) atoms. The third kappa shape index (κ3) is 4.55. The highest BCUT2D eigenvalue weighted by Gasteiger charge is 2.62. The smallest absolute Gasteiger partial charge is 0.172 e. The molecule has 0 bridgehead atoms. The van der Waals surface area contributed by atoms with Gasteiger partial charge in [-0.2, -0.15) is 0 Å². The van der Waals surface area contributed by atoms with Gasteiger partial charge in [-0.1, -0.05) is 27.7 Å². The third-order valence-electron chi connectivity index (χ3n) is 7.72. The van der Waals surface area contributed by atoms with Crippen LogP contribution in [-0.4, -0.2) is 42.4 Å². The summed E-state index contributed by atoms with van der Waals surface area (Å²) in [4.78, 5) is 0. The Kier molecular flexibility index (Phi) is 6.06. The van der Waals surface area contributed by atoms with Crippen LogP contribution in [-0.2, 0) is 18.9 Å². The van der Waals surface area contributed by atoms with Crippen LogP contribution < -0.4 is 0 Å². The molecular formula is C23H42O4. The maximum Gasteiger partial charge on any atom is 0.172 e. The van der Waals surface area contributed by atoms with Gasteiger partial charge in [0.2, 0.25) is 0 Å². The van der Waals surface area contributed by atoms with Gasteiger partial charge in [0.25, 0.3) is 0 Å². The van der Waals surface area contributed by atoms with E-state index >= 15 is 0 Å². The molecule has 4 atom stereocenters. The maximum atomic E-state index is 6.63. The quantitative estimate of drug-likeness (QED) is 0.579. The van der Waals surface area contributed by atoms with E-state index in [0.717, 1.165) is 12.3 Å². The van der Waals surface area contributed by atoms with E-state index < -0.39 is 0 Å². The van der Waals surface area contributed by atoms with Crippen LogP contribution in [0.15, 0.2) is 0 Å². The molecular weight excluding hydrogens is 340 g/mol. The lowest BCUT2D eigenvalue weighted by Gasteiger charge is -2.33. The van der Waals surface area contributed by atoms with Gasteiger partial charge in [-0.15, -0.1) is 0 Å². The van der Waals surface area contributed by atoms with E-state index in [-0.39, 0.29) is 29.2 Å². The summed E-state index contributed by atoms with van der Waals surface area (Å²) in [6, 6.07) is 0. The van der Waals surface area contributed by atoms with E-state index in [4.69, 9.17) is 18.9 Å². The van der Waals surface area contributed by atoms with Gasteiger partial charge in [0.05, 0.1) is 24.4 Å². The van der Waals surface area contributed by atoms with Crippen molar-refractivity contribution in [3.05, 3.63) is 0 Å². The average Bonchev–Trinajstić information content (AvgIpc) is 3.29. The number of fused-ring (bicyclic) bond motifs is 2. The maximum absolute atomic E-state index is 6.63. The van der Waals surface area contributed by atoms with Gasteiger partial charge >= 0.3 is 0 Å². The summed E-state index contributed by atoms with van der Waals surface area (Å²) in [6.45, 7) is 18.6. The second-order valence-electron chi connectivity index (χ2n) is 10.8. The van der Waals surface area contributed by atoms with Crippen LogP contribution in [0.25, 0.3) is 0 Å². The molecule has 1 heterocycles. The van der Waals surface area contributed by atoms with Crippen molar-refractivity contribution >= 4 is 0 Å². The first-order valence-corrected chi connectivity index (χ1v) is 11.1. The molecule has 0 aromatic carbocycles. The summed E-state index contributed by atoms with van der Waals surface area (Å²) in [5, 5.41) is 0. The summed E-state index contributed by atoms with van der Waals surface area (Å²) in [5.41, 5.74) is -0.340. The number of hydrogen-bond donors (Lipinski definition) is 0. The molecule has 158 valence electrons. The fourth-order valence-electron chi connectivity index (χ4n) is 4.10. The summed E-state index contributed by atoms with van der Waals surface area (Å²) in [6.07, 6.45) is 4.72. The number of ether oxygens (including phenoxy) is 4. The van der Waals surface area contributed by atoms with Crippen molar-refractivity contribution in [3.63, 3.8) is 0 Å². The molecule has 3 rings (SSSR count). The van der Waals surface area contributed by atoms with Crippen LogP contribution in [0, 0.1) is 23.7 Å². The van der Waals surface area contributed by atoms with Crippen molar-refractivity contribution < 1.29 is 18.9 Å². The zero-order valence-electron chi connectivity index (χ0n) is 18.8. The fraction of sp³-hybridized carbons (Fsp3) is 1.00. The minimum atomic E-state index is -0.380. The van der Waals surface area contributed by atoms with Crippen molar-refractivity contribution in [3.8, 4) is 0 Å². The van der Waals surface area contributed by atoms with Crippen molar-refractivity contribution in [2.45, 2.75) is 110 Å². The Balaban J connectivity index is 1.67. The SMILES string of the molecule is CC(C)C(C)(C)OC[C@@H]1OC2(CCC[C@H]3C[C@H]32)O[C@H]1COC(C)(C)C(C)C. The van der Waals surface area contributed by atoms with Gasteiger partial charge in [0.15, 0.2) is 5.79 Å². The molecule has 2 aliphatic carbocycles. The molecule has 1 aliphatic heterocycles. The standard InChI is InChI=1S/C23H42O4/c1-15(2)21(5,6)24-13-19-20(14-25-22(7,8)16(3)4)27-23(26-19)11-9-10-17-12-18(17)23/h15-20H,9-14H2,1-8H3/t17-,18+,19-,20-/m0/s1. The molecule has 4 nitrogen and oxygen atoms in total. The first-order chi connectivity index (χ1) is 12.5. The average molecular weight is 383 g/mol. The third-order valence-corrected chi connectivity index (χ3v) is 7.72. The van der Waals surface area contributed by atoms with Crippen molar-refractivity contribution in [1.82, 2.24) is 0 Å². The van der Waals surface area contributed by atoms with E-state index in [9.17, 15) is 0 Å². The van der Waals surface area contributed by atoms with Crippen LogP contribution in [0.1, 0.15) is 81.1 Å². The summed E-state index contributed by atoms with van der Waals surface area (Å²) in [7, 11) is 0. The second-order valence-corrected chi connectivity index (χ2v) is 10.8. The van der Waals surface area contributed by atoms with E-state index in [2.05, 4.69) is 55.4 Å². The van der Waals surface area contributed by atoms with E-state index in [0.29, 0.717) is 31.0 Å². The normalized spacial score (nSPS) is 33.1. The number of hydrogen-bond acceptors (Lipinski definition) is 4. The zero-order chi connectivity index (χ0) is 20.0. The van der Waals surface area contributed by atoms with Gasteiger partial charge in [0.1, 0.15) is 12.2 Å². The highest BCUT2D eigenvalue weighted by atomic mass is 16.8. The van der Waals surface area contributed by atoms with Gasteiger partial charge in [-0.3, -0.25) is 0 Å². The largest absolute Gasteiger partial charge is 0.373 e. The Labute approximate surface area is 166 Å². The molecule has 0 aromatic rings. The lowest BCUT2D eigenvalue weighted by molar-refractivity contribution is -0.215. The monoisotopic (exact) mass is 382 g/mol. The van der Waals surface area contributed by atoms with E-state index in [1.54, 1.807) is 0 Å². The molecule has 0 aromatic heterocycles. The molecule has 0 amide bonds. The van der Waals surface area contributed by atoms with Crippen LogP contribution in [0.4, 0.5) is 0 Å². The zero-order valence-corrected chi connectivity index (χ0v) is 18.8. The molecule has 3 aliphatic rings. The highest BCUT2D eigenvalue weighted by Crippen LogP contribution is 2.59. The van der Waals surface area contributed by atoms with Crippen LogP contribution in [0.5, 0.6) is 0 Å². The summed E-state index contributed by atoms with van der Waals surface area (Å²) >= 11 is 0. The highest BCUT2D eigenvalue weighted by molar-refractivity contribution is 5.04. The Morgan fingerprint density at radius 1 is 0.889 bits per heavy atom. The van der Waals surface area contributed by atoms with Crippen LogP contribution in [0.3, 0.4) is 0 Å². The van der Waals surface area contributed by atoms with Gasteiger partial charge in [-0.25, -0.2) is 0 Å². The molecule has 1 spiro atoms. The summed E-state index contributed by atoms with van der Waals surface area (Å²) < 4.78 is 25.9. The Morgan fingerprint density at radius 3 is 1.81 bits per heavy atom. The second kappa shape index (κ2) is 7.59. The molecule has 4 heteroatoms. The van der Waals surface area contributed by atoms with E-state index in [1.807, 2.05) is 0 Å². The first kappa shape index (κ1) is 21.5. The van der Waals surface area contributed by atoms with Crippen LogP contribution >= 0.6 is 0 Å². The summed E-state index contributed by atoms with van der Waals surface area (Å²) in [5.74, 6) is 1.90. The Hall–Kier alpha value is -0.160. The lowest BCUT2D eigenvalue weighted by atomic mass is 9.94. The van der Waals surface area contributed by atoms with Crippen LogP contribution in [0.2, 0.25) is 0 Å².